The molecule has 1 heterocycles. The van der Waals surface area contributed by atoms with Crippen LogP contribution in [0.3, 0.4) is 0 Å². The molecule has 0 radical (unpaired) electrons. The molecular weight excluding hydrogens is 398 g/mol. The molecule has 0 bridgehead atoms. The molecule has 0 amide bonds. The summed E-state index contributed by atoms with van der Waals surface area (Å²) in [6, 6.07) is 7.20. The van der Waals surface area contributed by atoms with E-state index >= 15 is 0 Å². The maximum atomic E-state index is 2.75. The molecule has 0 N–H and O–H groups in total. The molecule has 1 aromatic rings. The summed E-state index contributed by atoms with van der Waals surface area (Å²) >= 11 is 0. The lowest BCUT2D eigenvalue weighted by atomic mass is 9.47. The fraction of sp³-hybridized carbons (Fsp3) is 0.781. The average molecular weight is 449 g/mol. The molecular formula is C32H50N+. The monoisotopic (exact) mass is 448 g/mol. The van der Waals surface area contributed by atoms with E-state index in [0.717, 1.165) is 35.5 Å². The zero-order valence-corrected chi connectivity index (χ0v) is 22.2. The van der Waals surface area contributed by atoms with Gasteiger partial charge in [0.1, 0.15) is 0 Å². The van der Waals surface area contributed by atoms with E-state index in [1.54, 1.807) is 0 Å². The van der Waals surface area contributed by atoms with Crippen LogP contribution in [-0.4, -0.2) is 0 Å². The lowest BCUT2D eigenvalue weighted by molar-refractivity contribution is -0.725. The molecule has 4 aliphatic carbocycles. The summed E-state index contributed by atoms with van der Waals surface area (Å²) in [6.07, 6.45) is 23.0. The molecule has 3 fully saturated rings. The lowest BCUT2D eigenvalue weighted by Gasteiger charge is -2.58. The van der Waals surface area contributed by atoms with Gasteiger partial charge in [-0.25, -0.2) is 4.57 Å². The summed E-state index contributed by atoms with van der Waals surface area (Å²) < 4.78 is 2.48. The Balaban J connectivity index is 1.31. The second-order valence-corrected chi connectivity index (χ2v) is 13.5. The Hall–Kier alpha value is -1.11. The lowest BCUT2D eigenvalue weighted by Crippen LogP contribution is -2.52. The number of rotatable bonds is 6. The van der Waals surface area contributed by atoms with Crippen molar-refractivity contribution in [2.75, 3.05) is 0 Å². The molecule has 4 aliphatic rings. The van der Waals surface area contributed by atoms with Crippen molar-refractivity contribution in [3.8, 4) is 0 Å². The van der Waals surface area contributed by atoms with Gasteiger partial charge >= 0.3 is 0 Å². The molecule has 3 saturated carbocycles. The first-order valence-corrected chi connectivity index (χ1v) is 14.5. The normalized spacial score (nSPS) is 41.2. The van der Waals surface area contributed by atoms with Crippen LogP contribution in [0, 0.1) is 46.3 Å². The molecule has 1 aromatic heterocycles. The molecule has 0 aliphatic heterocycles. The van der Waals surface area contributed by atoms with Gasteiger partial charge in [-0.3, -0.25) is 0 Å². The summed E-state index contributed by atoms with van der Waals surface area (Å²) in [5.41, 5.74) is 2.89. The van der Waals surface area contributed by atoms with Crippen molar-refractivity contribution < 1.29 is 4.57 Å². The molecule has 33 heavy (non-hydrogen) atoms. The minimum atomic E-state index is 0.469. The van der Waals surface area contributed by atoms with Crippen molar-refractivity contribution in [2.24, 2.45) is 46.3 Å². The number of aromatic nitrogens is 1. The van der Waals surface area contributed by atoms with E-state index in [9.17, 15) is 0 Å². The maximum Gasteiger partial charge on any atom is 0.169 e. The van der Waals surface area contributed by atoms with Crippen LogP contribution in [0.5, 0.6) is 0 Å². The Bertz CT molecular complexity index is 839. The predicted octanol–water partition coefficient (Wildman–Crippen LogP) is 8.56. The van der Waals surface area contributed by atoms with Crippen molar-refractivity contribution in [3.05, 3.63) is 42.2 Å². The van der Waals surface area contributed by atoms with Crippen molar-refractivity contribution in [1.82, 2.24) is 0 Å². The first-order chi connectivity index (χ1) is 15.8. The molecule has 8 atom stereocenters. The van der Waals surface area contributed by atoms with E-state index in [1.807, 2.05) is 5.57 Å². The van der Waals surface area contributed by atoms with Crippen LogP contribution in [-0.2, 0) is 0 Å². The molecule has 0 saturated heterocycles. The van der Waals surface area contributed by atoms with E-state index in [4.69, 9.17) is 0 Å². The predicted molar refractivity (Wildman–Crippen MR) is 139 cm³/mol. The molecule has 0 aromatic carbocycles. The topological polar surface area (TPSA) is 3.88 Å². The smallest absolute Gasteiger partial charge is 0.169 e. The second kappa shape index (κ2) is 9.16. The first kappa shape index (κ1) is 23.6. The molecule has 0 spiro atoms. The van der Waals surface area contributed by atoms with Gasteiger partial charge in [-0.2, -0.15) is 0 Å². The summed E-state index contributed by atoms with van der Waals surface area (Å²) in [7, 11) is 0. The van der Waals surface area contributed by atoms with Crippen LogP contribution >= 0.6 is 0 Å². The molecule has 182 valence electrons. The van der Waals surface area contributed by atoms with Gasteiger partial charge in [0.25, 0.3) is 0 Å². The minimum Gasteiger partial charge on any atom is -0.202 e. The summed E-state index contributed by atoms with van der Waals surface area (Å²) in [4.78, 5) is 0. The molecule has 1 nitrogen and oxygen atoms in total. The Morgan fingerprint density at radius 2 is 1.70 bits per heavy atom. The van der Waals surface area contributed by atoms with Crippen LogP contribution in [0.25, 0.3) is 0 Å². The second-order valence-electron chi connectivity index (χ2n) is 13.5. The minimum absolute atomic E-state index is 0.469. The van der Waals surface area contributed by atoms with Crippen LogP contribution in [0.15, 0.2) is 42.2 Å². The van der Waals surface area contributed by atoms with Crippen LogP contribution in [0.2, 0.25) is 0 Å². The van der Waals surface area contributed by atoms with Crippen molar-refractivity contribution in [3.63, 3.8) is 0 Å². The Morgan fingerprint density at radius 1 is 0.909 bits per heavy atom. The third-order valence-corrected chi connectivity index (χ3v) is 11.4. The SMILES string of the molecule is CC(C)CCC[C@H](C)[C@H]1CC[C@H]2[C@@H]3CC=C4C[C@@H]([n+]5ccccc5)CC[C@]4(C)[C@H]3CC[C@]12C. The Kier molecular flexibility index (Phi) is 6.56. The van der Waals surface area contributed by atoms with Gasteiger partial charge in [-0.1, -0.05) is 71.6 Å². The van der Waals surface area contributed by atoms with Gasteiger partial charge in [-0.05, 0) is 84.9 Å². The third kappa shape index (κ3) is 4.14. The molecule has 1 heteroatoms. The highest BCUT2D eigenvalue weighted by Gasteiger charge is 2.59. The van der Waals surface area contributed by atoms with Gasteiger partial charge in [0.05, 0.1) is 0 Å². The van der Waals surface area contributed by atoms with Gasteiger partial charge < -0.3 is 0 Å². The van der Waals surface area contributed by atoms with Crippen molar-refractivity contribution >= 4 is 0 Å². The maximum absolute atomic E-state index is 2.75. The number of hydrogen-bond acceptors (Lipinski definition) is 0. The number of allylic oxidation sites excluding steroid dienone is 2. The Labute approximate surface area is 204 Å². The van der Waals surface area contributed by atoms with Crippen LogP contribution in [0.4, 0.5) is 0 Å². The van der Waals surface area contributed by atoms with Crippen molar-refractivity contribution in [1.29, 1.82) is 0 Å². The summed E-state index contributed by atoms with van der Waals surface area (Å²) in [5, 5.41) is 0. The van der Waals surface area contributed by atoms with Crippen LogP contribution in [0.1, 0.15) is 111 Å². The van der Waals surface area contributed by atoms with Gasteiger partial charge in [0, 0.05) is 25.0 Å². The quantitative estimate of drug-likeness (QED) is 0.303. The van der Waals surface area contributed by atoms with E-state index < -0.39 is 0 Å². The highest BCUT2D eigenvalue weighted by atomic mass is 15.0. The standard InChI is InChI=1S/C32H50N/c1-23(2)10-9-11-24(3)28-14-15-29-27-13-12-25-22-26(33-20-7-6-8-21-33)16-18-31(25,4)30(27)17-19-32(28,29)5/h6-8,12,20-21,23-24,26-30H,9-11,13-19,22H2,1-5H3/q+1/t24-,26-,27-,28+,29-,30-,31-,32+/m0/s1. The number of fused-ring (bicyclic) bond motifs is 5. The Morgan fingerprint density at radius 3 is 2.45 bits per heavy atom. The number of pyridine rings is 1. The zero-order chi connectivity index (χ0) is 23.2. The number of nitrogens with zero attached hydrogens (tertiary/aromatic N) is 1. The highest BCUT2D eigenvalue weighted by Crippen LogP contribution is 2.67. The van der Waals surface area contributed by atoms with Gasteiger partial charge in [0.2, 0.25) is 0 Å². The molecule has 0 unspecified atom stereocenters. The summed E-state index contributed by atoms with van der Waals surface area (Å²) in [6.45, 7) is 12.8. The first-order valence-electron chi connectivity index (χ1n) is 14.5. The van der Waals surface area contributed by atoms with Gasteiger partial charge in [0.15, 0.2) is 18.4 Å². The fourth-order valence-electron chi connectivity index (χ4n) is 9.58. The van der Waals surface area contributed by atoms with E-state index in [-0.39, 0.29) is 0 Å². The van der Waals surface area contributed by atoms with Crippen molar-refractivity contribution in [2.45, 2.75) is 111 Å². The van der Waals surface area contributed by atoms with E-state index in [2.05, 4.69) is 75.9 Å². The average Bonchev–Trinajstić information content (AvgIpc) is 3.16. The highest BCUT2D eigenvalue weighted by molar-refractivity contribution is 5.25. The summed E-state index contributed by atoms with van der Waals surface area (Å²) in [5.74, 6) is 5.61. The third-order valence-electron chi connectivity index (χ3n) is 11.4. The van der Waals surface area contributed by atoms with E-state index in [0.29, 0.717) is 16.9 Å². The van der Waals surface area contributed by atoms with Gasteiger partial charge in [-0.15, -0.1) is 0 Å². The zero-order valence-electron chi connectivity index (χ0n) is 22.2. The van der Waals surface area contributed by atoms with E-state index in [1.165, 1.54) is 70.6 Å². The number of hydrogen-bond donors (Lipinski definition) is 0. The van der Waals surface area contributed by atoms with Crippen LogP contribution < -0.4 is 4.57 Å². The largest absolute Gasteiger partial charge is 0.202 e. The fourth-order valence-corrected chi connectivity index (χ4v) is 9.58. The molecule has 5 rings (SSSR count).